The van der Waals surface area contributed by atoms with Gasteiger partial charge in [-0.15, -0.1) is 11.6 Å². The molecule has 1 saturated heterocycles. The molecule has 0 atom stereocenters. The Morgan fingerprint density at radius 2 is 1.46 bits per heavy atom. The van der Waals surface area contributed by atoms with E-state index in [1.54, 1.807) is 6.08 Å². The predicted molar refractivity (Wildman–Crippen MR) is 139 cm³/mol. The third-order valence-corrected chi connectivity index (χ3v) is 8.43. The number of halogens is 1. The van der Waals surface area contributed by atoms with E-state index < -0.39 is 11.8 Å². The van der Waals surface area contributed by atoms with Crippen molar-refractivity contribution in [2.75, 3.05) is 23.9 Å². The maximum atomic E-state index is 13.7. The minimum absolute atomic E-state index is 0.109. The summed E-state index contributed by atoms with van der Waals surface area (Å²) in [4.78, 5) is 46.1. The number of rotatable bonds is 6. The van der Waals surface area contributed by atoms with Crippen LogP contribution in [0.5, 0.6) is 0 Å². The van der Waals surface area contributed by atoms with E-state index >= 15 is 0 Å². The summed E-state index contributed by atoms with van der Waals surface area (Å²) in [5, 5.41) is 0. The second-order valence-corrected chi connectivity index (χ2v) is 10.8. The number of carbonyl (C=O) groups excluding carboxylic acids is 3. The molecule has 2 heterocycles. The molecule has 1 aromatic carbocycles. The molecule has 2 aliphatic carbocycles. The van der Waals surface area contributed by atoms with Crippen LogP contribution in [-0.2, 0) is 16.0 Å². The van der Waals surface area contributed by atoms with Gasteiger partial charge in [0.25, 0.3) is 11.8 Å². The molecule has 5 rings (SSSR count). The number of anilines is 1. The molecule has 3 fully saturated rings. The van der Waals surface area contributed by atoms with Crippen LogP contribution in [0.4, 0.5) is 10.5 Å². The van der Waals surface area contributed by atoms with Gasteiger partial charge in [-0.05, 0) is 67.9 Å². The van der Waals surface area contributed by atoms with E-state index in [1.165, 1.54) is 21.1 Å². The first-order chi connectivity index (χ1) is 17.1. The standard InChI is InChI=1S/C28H36ClN3O3/c29-15-7-16-30-17-14-21-18-20(12-13-25(21)30)19-24-26(33)31(22-8-3-1-4-9-22)28(35)32(27(24)34)23-10-5-2-6-11-23/h12-13,18-19,22-23H,1-11,14-17H2. The summed E-state index contributed by atoms with van der Waals surface area (Å²) < 4.78 is 0. The first kappa shape index (κ1) is 24.4. The van der Waals surface area contributed by atoms with Crippen molar-refractivity contribution in [2.24, 2.45) is 0 Å². The minimum atomic E-state index is -0.414. The highest BCUT2D eigenvalue weighted by molar-refractivity contribution is 6.31. The number of barbiturate groups is 1. The molecule has 1 aromatic rings. The van der Waals surface area contributed by atoms with Gasteiger partial charge in [0.15, 0.2) is 0 Å². The molecule has 0 bridgehead atoms. The number of nitrogens with zero attached hydrogens (tertiary/aromatic N) is 3. The average molecular weight is 498 g/mol. The fourth-order valence-electron chi connectivity index (χ4n) is 6.32. The Kier molecular flexibility index (Phi) is 7.47. The Morgan fingerprint density at radius 1 is 0.857 bits per heavy atom. The zero-order chi connectivity index (χ0) is 24.4. The Morgan fingerprint density at radius 3 is 2.03 bits per heavy atom. The molecule has 4 amide bonds. The molecule has 188 valence electrons. The lowest BCUT2D eigenvalue weighted by atomic mass is 9.90. The zero-order valence-electron chi connectivity index (χ0n) is 20.5. The van der Waals surface area contributed by atoms with Crippen molar-refractivity contribution in [3.63, 3.8) is 0 Å². The number of carbonyl (C=O) groups is 3. The van der Waals surface area contributed by atoms with E-state index in [-0.39, 0.29) is 23.7 Å². The van der Waals surface area contributed by atoms with Crippen LogP contribution < -0.4 is 4.90 Å². The lowest BCUT2D eigenvalue weighted by Gasteiger charge is -2.43. The Labute approximate surface area is 213 Å². The first-order valence-electron chi connectivity index (χ1n) is 13.4. The molecule has 4 aliphatic rings. The van der Waals surface area contributed by atoms with Gasteiger partial charge in [0, 0.05) is 36.7 Å². The minimum Gasteiger partial charge on any atom is -0.371 e. The van der Waals surface area contributed by atoms with Gasteiger partial charge in [0.05, 0.1) is 0 Å². The first-order valence-corrected chi connectivity index (χ1v) is 14.0. The van der Waals surface area contributed by atoms with Crippen LogP contribution >= 0.6 is 11.6 Å². The molecule has 0 spiro atoms. The molecule has 7 heteroatoms. The van der Waals surface area contributed by atoms with E-state index in [0.29, 0.717) is 5.88 Å². The van der Waals surface area contributed by atoms with E-state index in [4.69, 9.17) is 11.6 Å². The fraction of sp³-hybridized carbons (Fsp3) is 0.607. The van der Waals surface area contributed by atoms with Crippen LogP contribution in [0.2, 0.25) is 0 Å². The maximum Gasteiger partial charge on any atom is 0.334 e. The summed E-state index contributed by atoms with van der Waals surface area (Å²) in [6.45, 7) is 1.90. The van der Waals surface area contributed by atoms with Crippen LogP contribution in [0, 0.1) is 0 Å². The number of alkyl halides is 1. The number of hydrogen-bond donors (Lipinski definition) is 0. The Bertz CT molecular complexity index is 969. The second-order valence-electron chi connectivity index (χ2n) is 10.4. The van der Waals surface area contributed by atoms with Crippen molar-refractivity contribution in [2.45, 2.75) is 89.1 Å². The SMILES string of the molecule is O=C1C(=Cc2ccc3c(c2)CCN3CCCCl)C(=O)N(C2CCCCC2)C(=O)N1C1CCCCC1. The number of fused-ring (bicyclic) bond motifs is 1. The number of benzene rings is 1. The van der Waals surface area contributed by atoms with Gasteiger partial charge in [-0.2, -0.15) is 0 Å². The van der Waals surface area contributed by atoms with Crippen molar-refractivity contribution in [1.82, 2.24) is 9.80 Å². The third-order valence-electron chi connectivity index (χ3n) is 8.16. The van der Waals surface area contributed by atoms with Crippen molar-refractivity contribution in [1.29, 1.82) is 0 Å². The van der Waals surface area contributed by atoms with Gasteiger partial charge in [0.1, 0.15) is 5.57 Å². The molecular formula is C28H36ClN3O3. The van der Waals surface area contributed by atoms with Gasteiger partial charge < -0.3 is 4.90 Å². The summed E-state index contributed by atoms with van der Waals surface area (Å²) in [6.07, 6.45) is 13.3. The van der Waals surface area contributed by atoms with Gasteiger partial charge in [0.2, 0.25) is 0 Å². The van der Waals surface area contributed by atoms with Crippen LogP contribution in [0.25, 0.3) is 6.08 Å². The molecule has 0 radical (unpaired) electrons. The third kappa shape index (κ3) is 4.87. The molecule has 35 heavy (non-hydrogen) atoms. The molecule has 0 N–H and O–H groups in total. The number of urea groups is 1. The summed E-state index contributed by atoms with van der Waals surface area (Å²) in [6, 6.07) is 5.56. The number of hydrogen-bond acceptors (Lipinski definition) is 4. The molecule has 2 saturated carbocycles. The molecule has 6 nitrogen and oxygen atoms in total. The van der Waals surface area contributed by atoms with Crippen LogP contribution in [0.3, 0.4) is 0 Å². The Hall–Kier alpha value is -2.34. The highest BCUT2D eigenvalue weighted by atomic mass is 35.5. The normalized spacial score (nSPS) is 22.3. The van der Waals surface area contributed by atoms with E-state index in [9.17, 15) is 14.4 Å². The second kappa shape index (κ2) is 10.7. The highest BCUT2D eigenvalue weighted by Gasteiger charge is 2.47. The summed E-state index contributed by atoms with van der Waals surface area (Å²) in [5.74, 6) is -0.181. The van der Waals surface area contributed by atoms with Gasteiger partial charge in [-0.25, -0.2) is 4.79 Å². The zero-order valence-corrected chi connectivity index (χ0v) is 21.3. The monoisotopic (exact) mass is 497 g/mol. The van der Waals surface area contributed by atoms with E-state index in [0.717, 1.165) is 95.7 Å². The van der Waals surface area contributed by atoms with Crippen LogP contribution in [0.1, 0.15) is 81.8 Å². The maximum absolute atomic E-state index is 13.7. The predicted octanol–water partition coefficient (Wildman–Crippen LogP) is 5.52. The van der Waals surface area contributed by atoms with Crippen LogP contribution in [0.15, 0.2) is 23.8 Å². The molecule has 2 aliphatic heterocycles. The molecular weight excluding hydrogens is 462 g/mol. The summed E-state index contributed by atoms with van der Waals surface area (Å²) in [7, 11) is 0. The number of amides is 4. The summed E-state index contributed by atoms with van der Waals surface area (Å²) >= 11 is 5.88. The Balaban J connectivity index is 1.47. The molecule has 0 unspecified atom stereocenters. The lowest BCUT2D eigenvalue weighted by molar-refractivity contribution is -0.139. The fourth-order valence-corrected chi connectivity index (χ4v) is 6.44. The highest BCUT2D eigenvalue weighted by Crippen LogP contribution is 2.34. The summed E-state index contributed by atoms with van der Waals surface area (Å²) in [5.41, 5.74) is 3.43. The van der Waals surface area contributed by atoms with E-state index in [1.807, 2.05) is 6.07 Å². The van der Waals surface area contributed by atoms with E-state index in [2.05, 4.69) is 17.0 Å². The van der Waals surface area contributed by atoms with Gasteiger partial charge in [-0.1, -0.05) is 44.6 Å². The molecule has 0 aromatic heterocycles. The quantitative estimate of drug-likeness (QED) is 0.295. The van der Waals surface area contributed by atoms with Gasteiger partial charge in [-0.3, -0.25) is 19.4 Å². The van der Waals surface area contributed by atoms with Crippen molar-refractivity contribution >= 4 is 41.2 Å². The average Bonchev–Trinajstić information content (AvgIpc) is 3.29. The largest absolute Gasteiger partial charge is 0.371 e. The lowest BCUT2D eigenvalue weighted by Crippen LogP contribution is -2.62. The van der Waals surface area contributed by atoms with Crippen LogP contribution in [-0.4, -0.2) is 58.7 Å². The smallest absolute Gasteiger partial charge is 0.334 e. The number of imide groups is 2. The van der Waals surface area contributed by atoms with Crippen molar-refractivity contribution < 1.29 is 14.4 Å². The topological polar surface area (TPSA) is 60.9 Å². The van der Waals surface area contributed by atoms with Crippen molar-refractivity contribution in [3.8, 4) is 0 Å². The van der Waals surface area contributed by atoms with Crippen molar-refractivity contribution in [3.05, 3.63) is 34.9 Å². The van der Waals surface area contributed by atoms with Gasteiger partial charge >= 0.3 is 6.03 Å².